The van der Waals surface area contributed by atoms with Gasteiger partial charge in [0.25, 0.3) is 0 Å². The molecule has 0 spiro atoms. The van der Waals surface area contributed by atoms with Crippen LogP contribution >= 0.6 is 15.9 Å². The van der Waals surface area contributed by atoms with Crippen LogP contribution in [0.4, 0.5) is 0 Å². The first kappa shape index (κ1) is 15.3. The van der Waals surface area contributed by atoms with E-state index in [4.69, 9.17) is 4.74 Å². The van der Waals surface area contributed by atoms with Crippen molar-refractivity contribution in [2.75, 3.05) is 19.7 Å². The maximum atomic E-state index is 12.3. The summed E-state index contributed by atoms with van der Waals surface area (Å²) in [6.45, 7) is 7.10. The number of likely N-dealkylation sites (tertiary alicyclic amines) is 1. The maximum absolute atomic E-state index is 12.3. The van der Waals surface area contributed by atoms with Gasteiger partial charge in [-0.05, 0) is 37.5 Å². The Kier molecular flexibility index (Phi) is 5.29. The first-order valence-electron chi connectivity index (χ1n) is 7.52. The van der Waals surface area contributed by atoms with Gasteiger partial charge in [0.05, 0.1) is 6.10 Å². The van der Waals surface area contributed by atoms with Gasteiger partial charge in [0, 0.05) is 30.9 Å². The molecule has 4 heteroatoms. The van der Waals surface area contributed by atoms with Crippen molar-refractivity contribution in [3.8, 4) is 0 Å². The average molecular weight is 332 g/mol. The van der Waals surface area contributed by atoms with E-state index < -0.39 is 0 Å². The van der Waals surface area contributed by atoms with Crippen LogP contribution in [0.3, 0.4) is 0 Å². The summed E-state index contributed by atoms with van der Waals surface area (Å²) in [6, 6.07) is 0. The molecule has 110 valence electrons. The molecule has 2 aliphatic rings. The van der Waals surface area contributed by atoms with Gasteiger partial charge in [-0.1, -0.05) is 29.8 Å². The fourth-order valence-electron chi connectivity index (χ4n) is 3.02. The number of piperidine rings is 1. The van der Waals surface area contributed by atoms with Gasteiger partial charge in [-0.2, -0.15) is 0 Å². The predicted octanol–water partition coefficient (Wildman–Crippen LogP) is 3.36. The number of carbonyl (C=O) groups excluding carboxylic acids is 1. The number of amides is 1. The number of nitrogens with zero attached hydrogens (tertiary/aromatic N) is 1. The van der Waals surface area contributed by atoms with E-state index >= 15 is 0 Å². The zero-order valence-electron chi connectivity index (χ0n) is 12.2. The summed E-state index contributed by atoms with van der Waals surface area (Å²) in [6.07, 6.45) is 6.47. The van der Waals surface area contributed by atoms with Crippen LogP contribution in [-0.4, -0.2) is 41.4 Å². The lowest BCUT2D eigenvalue weighted by Crippen LogP contribution is -2.48. The van der Waals surface area contributed by atoms with Gasteiger partial charge in [0.1, 0.15) is 0 Å². The standard InChI is InChI=1S/C15H26BrNO2/c1-15(2)11-17(9-8-13(15)16)14(18)7-6-12-5-3-4-10-19-12/h12-13H,3-11H2,1-2H3. The lowest BCUT2D eigenvalue weighted by atomic mass is 9.84. The first-order valence-corrected chi connectivity index (χ1v) is 8.44. The van der Waals surface area contributed by atoms with Crippen LogP contribution in [0.2, 0.25) is 0 Å². The molecule has 0 radical (unpaired) electrons. The first-order chi connectivity index (χ1) is 8.99. The molecule has 2 saturated heterocycles. The molecule has 19 heavy (non-hydrogen) atoms. The maximum Gasteiger partial charge on any atom is 0.222 e. The molecule has 0 N–H and O–H groups in total. The third kappa shape index (κ3) is 4.19. The summed E-state index contributed by atoms with van der Waals surface area (Å²) in [7, 11) is 0. The van der Waals surface area contributed by atoms with Gasteiger partial charge in [-0.3, -0.25) is 4.79 Å². The van der Waals surface area contributed by atoms with Crippen LogP contribution < -0.4 is 0 Å². The van der Waals surface area contributed by atoms with Crippen molar-refractivity contribution < 1.29 is 9.53 Å². The second kappa shape index (κ2) is 6.57. The molecule has 3 nitrogen and oxygen atoms in total. The predicted molar refractivity (Wildman–Crippen MR) is 80.5 cm³/mol. The number of ether oxygens (including phenoxy) is 1. The highest BCUT2D eigenvalue weighted by Gasteiger charge is 2.35. The van der Waals surface area contributed by atoms with E-state index in [1.807, 2.05) is 4.90 Å². The van der Waals surface area contributed by atoms with Crippen molar-refractivity contribution in [3.63, 3.8) is 0 Å². The minimum absolute atomic E-state index is 0.176. The van der Waals surface area contributed by atoms with Crippen molar-refractivity contribution in [3.05, 3.63) is 0 Å². The van der Waals surface area contributed by atoms with Crippen LogP contribution in [0, 0.1) is 5.41 Å². The van der Waals surface area contributed by atoms with Gasteiger partial charge in [-0.25, -0.2) is 0 Å². The van der Waals surface area contributed by atoms with Crippen molar-refractivity contribution in [2.24, 2.45) is 5.41 Å². The Morgan fingerprint density at radius 3 is 2.79 bits per heavy atom. The highest BCUT2D eigenvalue weighted by atomic mass is 79.9. The zero-order valence-corrected chi connectivity index (χ0v) is 13.7. The molecule has 1 amide bonds. The molecular weight excluding hydrogens is 306 g/mol. The number of carbonyl (C=O) groups is 1. The van der Waals surface area contributed by atoms with E-state index in [2.05, 4.69) is 29.8 Å². The summed E-state index contributed by atoms with van der Waals surface area (Å²) in [5, 5.41) is 0. The molecule has 2 rings (SSSR count). The topological polar surface area (TPSA) is 29.5 Å². The monoisotopic (exact) mass is 331 g/mol. The molecule has 2 heterocycles. The molecule has 0 saturated carbocycles. The van der Waals surface area contributed by atoms with E-state index in [0.717, 1.165) is 39.0 Å². The Morgan fingerprint density at radius 1 is 1.37 bits per heavy atom. The Morgan fingerprint density at radius 2 is 2.16 bits per heavy atom. The summed E-state index contributed by atoms with van der Waals surface area (Å²) in [5.41, 5.74) is 0.176. The average Bonchev–Trinajstić information content (AvgIpc) is 2.40. The molecule has 2 unspecified atom stereocenters. The molecule has 2 fully saturated rings. The highest BCUT2D eigenvalue weighted by molar-refractivity contribution is 9.09. The molecule has 0 aliphatic carbocycles. The van der Waals surface area contributed by atoms with E-state index in [1.165, 1.54) is 12.8 Å². The second-order valence-corrected chi connectivity index (χ2v) is 7.69. The van der Waals surface area contributed by atoms with Gasteiger partial charge in [0.15, 0.2) is 0 Å². The second-order valence-electron chi connectivity index (χ2n) is 6.59. The van der Waals surface area contributed by atoms with E-state index in [9.17, 15) is 4.79 Å². The van der Waals surface area contributed by atoms with Gasteiger partial charge in [0.2, 0.25) is 5.91 Å². The lowest BCUT2D eigenvalue weighted by Gasteiger charge is -2.42. The van der Waals surface area contributed by atoms with E-state index in [0.29, 0.717) is 23.3 Å². The number of alkyl halides is 1. The summed E-state index contributed by atoms with van der Waals surface area (Å²) < 4.78 is 5.70. The van der Waals surface area contributed by atoms with Crippen LogP contribution in [-0.2, 0) is 9.53 Å². The van der Waals surface area contributed by atoms with Crippen molar-refractivity contribution in [1.82, 2.24) is 4.90 Å². The Bertz CT molecular complexity index is 313. The highest BCUT2D eigenvalue weighted by Crippen LogP contribution is 2.34. The summed E-state index contributed by atoms with van der Waals surface area (Å²) in [5.74, 6) is 0.307. The largest absolute Gasteiger partial charge is 0.378 e. The fourth-order valence-corrected chi connectivity index (χ4v) is 3.37. The smallest absolute Gasteiger partial charge is 0.222 e. The summed E-state index contributed by atoms with van der Waals surface area (Å²) >= 11 is 3.73. The number of hydrogen-bond acceptors (Lipinski definition) is 2. The number of rotatable bonds is 3. The van der Waals surface area contributed by atoms with Crippen LogP contribution in [0.5, 0.6) is 0 Å². The molecular formula is C15H26BrNO2. The lowest BCUT2D eigenvalue weighted by molar-refractivity contribution is -0.135. The molecule has 0 aromatic rings. The van der Waals surface area contributed by atoms with Crippen LogP contribution in [0.15, 0.2) is 0 Å². The third-order valence-corrected chi connectivity index (χ3v) is 6.10. The van der Waals surface area contributed by atoms with Gasteiger partial charge >= 0.3 is 0 Å². The van der Waals surface area contributed by atoms with Crippen LogP contribution in [0.1, 0.15) is 52.4 Å². The Labute approximate surface area is 125 Å². The molecule has 0 bridgehead atoms. The third-order valence-electron chi connectivity index (χ3n) is 4.41. The minimum atomic E-state index is 0.176. The molecule has 2 aliphatic heterocycles. The SMILES string of the molecule is CC1(C)CN(C(=O)CCC2CCCCO2)CCC1Br. The van der Waals surface area contributed by atoms with E-state index in [1.54, 1.807) is 0 Å². The van der Waals surface area contributed by atoms with Gasteiger partial charge < -0.3 is 9.64 Å². The summed E-state index contributed by atoms with van der Waals surface area (Å²) in [4.78, 5) is 14.9. The van der Waals surface area contributed by atoms with Crippen molar-refractivity contribution in [1.29, 1.82) is 0 Å². The number of halogens is 1. The molecule has 0 aromatic carbocycles. The molecule has 0 aromatic heterocycles. The normalized spacial score (nSPS) is 31.2. The van der Waals surface area contributed by atoms with E-state index in [-0.39, 0.29) is 5.41 Å². The quantitative estimate of drug-likeness (QED) is 0.742. The number of hydrogen-bond donors (Lipinski definition) is 0. The Balaban J connectivity index is 1.76. The molecule has 2 atom stereocenters. The van der Waals surface area contributed by atoms with Crippen molar-refractivity contribution in [2.45, 2.75) is 63.3 Å². The van der Waals surface area contributed by atoms with Gasteiger partial charge in [-0.15, -0.1) is 0 Å². The zero-order chi connectivity index (χ0) is 13.9. The fraction of sp³-hybridized carbons (Fsp3) is 0.933. The minimum Gasteiger partial charge on any atom is -0.378 e. The van der Waals surface area contributed by atoms with Crippen LogP contribution in [0.25, 0.3) is 0 Å². The Hall–Kier alpha value is -0.0900. The van der Waals surface area contributed by atoms with Crippen molar-refractivity contribution >= 4 is 21.8 Å².